The van der Waals surface area contributed by atoms with Crippen LogP contribution in [0.25, 0.3) is 21.5 Å². The van der Waals surface area contributed by atoms with Crippen molar-refractivity contribution in [1.29, 1.82) is 0 Å². The predicted molar refractivity (Wildman–Crippen MR) is 133 cm³/mol. The molecule has 0 aliphatic heterocycles. The first-order chi connectivity index (χ1) is 15.6. The molecular formula is C26H29N3O2S. The van der Waals surface area contributed by atoms with Gasteiger partial charge in [-0.2, -0.15) is 0 Å². The van der Waals surface area contributed by atoms with Crippen molar-refractivity contribution in [3.8, 4) is 10.6 Å². The summed E-state index contributed by atoms with van der Waals surface area (Å²) in [5, 5.41) is 6.38. The van der Waals surface area contributed by atoms with E-state index in [1.807, 2.05) is 36.1 Å². The van der Waals surface area contributed by atoms with Crippen LogP contribution in [-0.2, 0) is 17.8 Å². The van der Waals surface area contributed by atoms with E-state index in [4.69, 9.17) is 4.74 Å². The average molecular weight is 448 g/mol. The zero-order chi connectivity index (χ0) is 22.5. The Labute approximate surface area is 193 Å². The van der Waals surface area contributed by atoms with Crippen molar-refractivity contribution >= 4 is 34.0 Å². The Morgan fingerprint density at radius 2 is 1.88 bits per heavy atom. The lowest BCUT2D eigenvalue weighted by atomic mass is 10.1. The summed E-state index contributed by atoms with van der Waals surface area (Å²) in [4.78, 5) is 16.4. The molecule has 0 atom stereocenters. The molecule has 4 rings (SSSR count). The molecule has 1 N–H and O–H groups in total. The molecule has 0 saturated heterocycles. The van der Waals surface area contributed by atoms with Crippen LogP contribution in [-0.4, -0.2) is 35.8 Å². The van der Waals surface area contributed by atoms with Crippen molar-refractivity contribution in [1.82, 2.24) is 9.47 Å². The molecule has 0 aliphatic carbocycles. The summed E-state index contributed by atoms with van der Waals surface area (Å²) >= 11 is 1.73. The number of benzene rings is 2. The molecule has 2 aromatic heterocycles. The number of urea groups is 1. The normalized spacial score (nSPS) is 11.1. The number of aryl methyl sites for hydroxylation is 2. The van der Waals surface area contributed by atoms with Crippen LogP contribution in [0.15, 0.2) is 66.0 Å². The quantitative estimate of drug-likeness (QED) is 0.341. The third kappa shape index (κ3) is 4.42. The van der Waals surface area contributed by atoms with E-state index < -0.39 is 0 Å². The molecule has 0 spiro atoms. The van der Waals surface area contributed by atoms with E-state index in [9.17, 15) is 4.79 Å². The fourth-order valence-electron chi connectivity index (χ4n) is 4.11. The SMILES string of the molecule is CCn1c(-c2cccs2)c(CN(CCOC)C(=O)Nc2ccccc2C)c2ccccc21. The maximum atomic E-state index is 13.3. The minimum absolute atomic E-state index is 0.123. The minimum Gasteiger partial charge on any atom is -0.383 e. The van der Waals surface area contributed by atoms with E-state index in [0.29, 0.717) is 19.7 Å². The molecule has 2 aromatic carbocycles. The van der Waals surface area contributed by atoms with Gasteiger partial charge >= 0.3 is 6.03 Å². The van der Waals surface area contributed by atoms with Gasteiger partial charge in [-0.3, -0.25) is 0 Å². The molecule has 0 saturated carbocycles. The van der Waals surface area contributed by atoms with Crippen LogP contribution in [0.4, 0.5) is 10.5 Å². The summed E-state index contributed by atoms with van der Waals surface area (Å²) in [5.41, 5.74) is 5.42. The standard InChI is InChI=1S/C26H29N3O2S/c1-4-29-23-13-8-6-11-20(23)21(25(29)24-14-9-17-32-24)18-28(15-16-31-3)26(30)27-22-12-7-5-10-19(22)2/h5-14,17H,4,15-16,18H2,1-3H3,(H,27,30). The molecule has 5 nitrogen and oxygen atoms in total. The van der Waals surface area contributed by atoms with Gasteiger partial charge in [-0.25, -0.2) is 4.79 Å². The van der Waals surface area contributed by atoms with Gasteiger partial charge in [0.05, 0.1) is 23.7 Å². The highest BCUT2D eigenvalue weighted by atomic mass is 32.1. The second-order valence-corrected chi connectivity index (χ2v) is 8.67. The molecule has 32 heavy (non-hydrogen) atoms. The predicted octanol–water partition coefficient (Wildman–Crippen LogP) is 6.38. The molecule has 0 radical (unpaired) electrons. The molecule has 0 bridgehead atoms. The van der Waals surface area contributed by atoms with Gasteiger partial charge in [0.2, 0.25) is 0 Å². The van der Waals surface area contributed by atoms with E-state index in [1.165, 1.54) is 27.0 Å². The van der Waals surface area contributed by atoms with E-state index >= 15 is 0 Å². The number of fused-ring (bicyclic) bond motifs is 1. The van der Waals surface area contributed by atoms with Crippen molar-refractivity contribution in [2.75, 3.05) is 25.6 Å². The highest BCUT2D eigenvalue weighted by Crippen LogP contribution is 2.37. The third-order valence-corrected chi connectivity index (χ3v) is 6.61. The summed E-state index contributed by atoms with van der Waals surface area (Å²) in [5.74, 6) is 0. The van der Waals surface area contributed by atoms with Gasteiger partial charge in [0.15, 0.2) is 0 Å². The van der Waals surface area contributed by atoms with Gasteiger partial charge in [0.25, 0.3) is 0 Å². The molecule has 0 aliphatic rings. The fraction of sp³-hybridized carbons (Fsp3) is 0.269. The lowest BCUT2D eigenvalue weighted by molar-refractivity contribution is 0.153. The number of carbonyl (C=O) groups excluding carboxylic acids is 1. The Morgan fingerprint density at radius 3 is 2.59 bits per heavy atom. The number of hydrogen-bond donors (Lipinski definition) is 1. The molecular weight excluding hydrogens is 418 g/mol. The lowest BCUT2D eigenvalue weighted by Crippen LogP contribution is -2.37. The third-order valence-electron chi connectivity index (χ3n) is 5.73. The maximum absolute atomic E-state index is 13.3. The van der Waals surface area contributed by atoms with Crippen molar-refractivity contribution in [3.05, 3.63) is 77.2 Å². The Bertz CT molecular complexity index is 1200. The summed E-state index contributed by atoms with van der Waals surface area (Å²) in [7, 11) is 1.66. The van der Waals surface area contributed by atoms with Crippen LogP contribution < -0.4 is 5.32 Å². The van der Waals surface area contributed by atoms with Gasteiger partial charge in [-0.15, -0.1) is 11.3 Å². The average Bonchev–Trinajstić information content (AvgIpc) is 3.44. The van der Waals surface area contributed by atoms with Crippen LogP contribution in [0, 0.1) is 6.92 Å². The van der Waals surface area contributed by atoms with Crippen molar-refractivity contribution in [2.45, 2.75) is 26.9 Å². The lowest BCUT2D eigenvalue weighted by Gasteiger charge is -2.24. The Balaban J connectivity index is 1.75. The summed E-state index contributed by atoms with van der Waals surface area (Å²) < 4.78 is 7.68. The molecule has 0 fully saturated rings. The minimum atomic E-state index is -0.123. The number of methoxy groups -OCH3 is 1. The van der Waals surface area contributed by atoms with Gasteiger partial charge in [-0.05, 0) is 43.0 Å². The Morgan fingerprint density at radius 1 is 1.09 bits per heavy atom. The van der Waals surface area contributed by atoms with Crippen LogP contribution in [0.3, 0.4) is 0 Å². The van der Waals surface area contributed by atoms with E-state index in [2.05, 4.69) is 58.6 Å². The van der Waals surface area contributed by atoms with E-state index in [-0.39, 0.29) is 6.03 Å². The number of rotatable bonds is 8. The number of hydrogen-bond acceptors (Lipinski definition) is 3. The zero-order valence-corrected chi connectivity index (χ0v) is 19.6. The van der Waals surface area contributed by atoms with Crippen LogP contribution in [0.2, 0.25) is 0 Å². The number of aromatic nitrogens is 1. The summed E-state index contributed by atoms with van der Waals surface area (Å²) in [6, 6.07) is 20.4. The second-order valence-electron chi connectivity index (χ2n) is 7.73. The smallest absolute Gasteiger partial charge is 0.322 e. The summed E-state index contributed by atoms with van der Waals surface area (Å²) in [6.45, 7) is 6.51. The first-order valence-corrected chi connectivity index (χ1v) is 11.8. The maximum Gasteiger partial charge on any atom is 0.322 e. The van der Waals surface area contributed by atoms with Crippen molar-refractivity contribution in [3.63, 3.8) is 0 Å². The highest BCUT2D eigenvalue weighted by molar-refractivity contribution is 7.13. The number of anilines is 1. The van der Waals surface area contributed by atoms with E-state index in [1.54, 1.807) is 18.4 Å². The number of ether oxygens (including phenoxy) is 1. The van der Waals surface area contributed by atoms with Crippen molar-refractivity contribution in [2.24, 2.45) is 0 Å². The molecule has 2 heterocycles. The van der Waals surface area contributed by atoms with Crippen LogP contribution in [0.1, 0.15) is 18.1 Å². The number of nitrogens with zero attached hydrogens (tertiary/aromatic N) is 2. The molecule has 166 valence electrons. The molecule has 0 unspecified atom stereocenters. The van der Waals surface area contributed by atoms with Gasteiger partial charge in [-0.1, -0.05) is 42.5 Å². The number of amides is 2. The Kier molecular flexibility index (Phi) is 6.93. The Hall–Kier alpha value is -3.09. The number of para-hydroxylation sites is 2. The monoisotopic (exact) mass is 447 g/mol. The fourth-order valence-corrected chi connectivity index (χ4v) is 4.92. The largest absolute Gasteiger partial charge is 0.383 e. The topological polar surface area (TPSA) is 46.5 Å². The number of nitrogens with one attached hydrogen (secondary N) is 1. The highest BCUT2D eigenvalue weighted by Gasteiger charge is 2.23. The van der Waals surface area contributed by atoms with Crippen LogP contribution in [0.5, 0.6) is 0 Å². The van der Waals surface area contributed by atoms with E-state index in [0.717, 1.165) is 17.8 Å². The zero-order valence-electron chi connectivity index (χ0n) is 18.8. The first kappa shape index (κ1) is 22.1. The molecule has 6 heteroatoms. The van der Waals surface area contributed by atoms with Gasteiger partial charge < -0.3 is 19.5 Å². The van der Waals surface area contributed by atoms with Crippen LogP contribution >= 0.6 is 11.3 Å². The number of thiophene rings is 1. The molecule has 2 amide bonds. The summed E-state index contributed by atoms with van der Waals surface area (Å²) in [6.07, 6.45) is 0. The van der Waals surface area contributed by atoms with Gasteiger partial charge in [0.1, 0.15) is 0 Å². The number of carbonyl (C=O) groups is 1. The second kappa shape index (κ2) is 10.0. The van der Waals surface area contributed by atoms with Crippen molar-refractivity contribution < 1.29 is 9.53 Å². The first-order valence-electron chi connectivity index (χ1n) is 10.9. The molecule has 4 aromatic rings. The van der Waals surface area contributed by atoms with Gasteiger partial charge in [0, 0.05) is 42.4 Å².